The summed E-state index contributed by atoms with van der Waals surface area (Å²) in [7, 11) is -0.740. The first-order chi connectivity index (χ1) is 18.0. The monoisotopic (exact) mass is 533 g/mol. The van der Waals surface area contributed by atoms with Gasteiger partial charge in [0.15, 0.2) is 0 Å². The van der Waals surface area contributed by atoms with Crippen molar-refractivity contribution < 1.29 is 23.2 Å². The van der Waals surface area contributed by atoms with E-state index in [1.807, 2.05) is 52.0 Å². The highest BCUT2D eigenvalue weighted by Gasteiger charge is 2.52. The number of rotatable bonds is 6. The molecule has 3 aromatic carbocycles. The van der Waals surface area contributed by atoms with Gasteiger partial charge in [0.25, 0.3) is 0 Å². The number of hydrogen-bond acceptors (Lipinski definition) is 4. The van der Waals surface area contributed by atoms with Crippen LogP contribution in [0.4, 0.5) is 9.18 Å². The summed E-state index contributed by atoms with van der Waals surface area (Å²) in [5.41, 5.74) is 4.59. The number of halogens is 2. The molecule has 0 unspecified atom stereocenters. The van der Waals surface area contributed by atoms with Crippen LogP contribution in [0, 0.1) is 5.82 Å². The molecule has 0 bridgehead atoms. The van der Waals surface area contributed by atoms with Crippen molar-refractivity contribution in [3.05, 3.63) is 99.7 Å². The van der Waals surface area contributed by atoms with Gasteiger partial charge in [-0.15, -0.1) is 0 Å². The Kier molecular flexibility index (Phi) is 7.12. The quantitative estimate of drug-likeness (QED) is 0.346. The van der Waals surface area contributed by atoms with Crippen molar-refractivity contribution in [3.63, 3.8) is 0 Å². The number of carbonyl (C=O) groups excluding carboxylic acids is 1. The molecule has 1 N–H and O–H groups in total. The van der Waals surface area contributed by atoms with E-state index in [1.54, 1.807) is 12.1 Å². The third kappa shape index (κ3) is 5.24. The molecular formula is C30H30BClFNO4. The molecule has 8 heteroatoms. The topological polar surface area (TPSA) is 56.8 Å². The van der Waals surface area contributed by atoms with Crippen LogP contribution < -0.4 is 5.32 Å². The standard InChI is InChI=1S/C30H30BClFNO4/c1-29(2)30(3,4)38-31(37-29)20(13-19-14-21(32)16-22(33)15-19)17-34-28(35)36-18-27-25-11-7-5-9-23(25)24-10-6-8-12-26(24)27/h5-16,27H,17-18H2,1-4H3,(H,34,35). The zero-order valence-corrected chi connectivity index (χ0v) is 22.6. The number of hydrogen-bond donors (Lipinski definition) is 1. The summed E-state index contributed by atoms with van der Waals surface area (Å²) in [6, 6.07) is 20.6. The molecule has 196 valence electrons. The maximum Gasteiger partial charge on any atom is 0.492 e. The number of nitrogens with one attached hydrogen (secondary N) is 1. The lowest BCUT2D eigenvalue weighted by atomic mass is 9.77. The Morgan fingerprint density at radius 2 is 1.58 bits per heavy atom. The van der Waals surface area contributed by atoms with E-state index in [0.717, 1.165) is 22.3 Å². The first-order valence-corrected chi connectivity index (χ1v) is 13.0. The Bertz CT molecular complexity index is 1320. The summed E-state index contributed by atoms with van der Waals surface area (Å²) in [6.45, 7) is 8.08. The number of benzene rings is 3. The molecule has 1 fully saturated rings. The fraction of sp³-hybridized carbons (Fsp3) is 0.300. The summed E-state index contributed by atoms with van der Waals surface area (Å²) >= 11 is 6.07. The van der Waals surface area contributed by atoms with Crippen molar-refractivity contribution in [3.8, 4) is 11.1 Å². The van der Waals surface area contributed by atoms with Crippen molar-refractivity contribution in [2.45, 2.75) is 44.8 Å². The van der Waals surface area contributed by atoms with Crippen LogP contribution in [-0.4, -0.2) is 37.6 Å². The number of fused-ring (bicyclic) bond motifs is 3. The fourth-order valence-electron chi connectivity index (χ4n) is 4.89. The lowest BCUT2D eigenvalue weighted by Crippen LogP contribution is -2.41. The molecule has 3 aromatic rings. The largest absolute Gasteiger partial charge is 0.492 e. The molecule has 0 aromatic heterocycles. The Hall–Kier alpha value is -3.13. The Labute approximate surface area is 228 Å². The van der Waals surface area contributed by atoms with Crippen LogP contribution in [0.2, 0.25) is 5.02 Å². The normalized spacial score (nSPS) is 17.7. The molecule has 1 heterocycles. The third-order valence-electron chi connectivity index (χ3n) is 7.57. The van der Waals surface area contributed by atoms with Gasteiger partial charge in [-0.1, -0.05) is 66.2 Å². The average molecular weight is 534 g/mol. The molecule has 1 saturated heterocycles. The molecule has 38 heavy (non-hydrogen) atoms. The van der Waals surface area contributed by atoms with Crippen LogP contribution in [0.1, 0.15) is 50.3 Å². The predicted molar refractivity (Wildman–Crippen MR) is 149 cm³/mol. The van der Waals surface area contributed by atoms with E-state index in [0.29, 0.717) is 11.0 Å². The van der Waals surface area contributed by atoms with Gasteiger partial charge in [-0.3, -0.25) is 0 Å². The highest BCUT2D eigenvalue weighted by molar-refractivity contribution is 6.56. The van der Waals surface area contributed by atoms with Crippen LogP contribution in [0.15, 0.2) is 72.2 Å². The minimum atomic E-state index is -0.740. The van der Waals surface area contributed by atoms with Gasteiger partial charge >= 0.3 is 13.2 Å². The highest BCUT2D eigenvalue weighted by Crippen LogP contribution is 2.44. The van der Waals surface area contributed by atoms with Gasteiger partial charge in [0.05, 0.1) is 11.2 Å². The average Bonchev–Trinajstić information content (AvgIpc) is 3.29. The zero-order valence-electron chi connectivity index (χ0n) is 21.9. The van der Waals surface area contributed by atoms with Gasteiger partial charge in [-0.2, -0.15) is 0 Å². The Morgan fingerprint density at radius 3 is 2.16 bits per heavy atom. The first kappa shape index (κ1) is 26.5. The second-order valence-electron chi connectivity index (χ2n) is 10.7. The Balaban J connectivity index is 1.31. The van der Waals surface area contributed by atoms with E-state index in [-0.39, 0.29) is 24.1 Å². The molecule has 1 amide bonds. The predicted octanol–water partition coefficient (Wildman–Crippen LogP) is 7.03. The molecule has 0 saturated carbocycles. The molecule has 0 radical (unpaired) electrons. The fourth-order valence-corrected chi connectivity index (χ4v) is 5.12. The summed E-state index contributed by atoms with van der Waals surface area (Å²) < 4.78 is 32.1. The summed E-state index contributed by atoms with van der Waals surface area (Å²) in [5.74, 6) is -0.498. The van der Waals surface area contributed by atoms with Gasteiger partial charge in [0.1, 0.15) is 12.4 Å². The minimum absolute atomic E-state index is 0.0410. The van der Waals surface area contributed by atoms with Gasteiger partial charge < -0.3 is 19.4 Å². The molecule has 0 atom stereocenters. The second kappa shape index (κ2) is 10.2. The number of alkyl carbamates (subject to hydrolysis) is 1. The molecular weight excluding hydrogens is 504 g/mol. The van der Waals surface area contributed by atoms with Crippen molar-refractivity contribution >= 4 is 30.9 Å². The minimum Gasteiger partial charge on any atom is -0.449 e. The summed E-state index contributed by atoms with van der Waals surface area (Å²) in [5, 5.41) is 3.09. The Morgan fingerprint density at radius 1 is 1.00 bits per heavy atom. The lowest BCUT2D eigenvalue weighted by molar-refractivity contribution is 0.00578. The van der Waals surface area contributed by atoms with E-state index < -0.39 is 30.2 Å². The number of ether oxygens (including phenoxy) is 1. The van der Waals surface area contributed by atoms with E-state index >= 15 is 0 Å². The van der Waals surface area contributed by atoms with E-state index in [1.165, 1.54) is 12.1 Å². The summed E-state index contributed by atoms with van der Waals surface area (Å²) in [4.78, 5) is 12.8. The van der Waals surface area contributed by atoms with Gasteiger partial charge in [-0.05, 0) is 79.2 Å². The van der Waals surface area contributed by atoms with Crippen LogP contribution >= 0.6 is 11.6 Å². The maximum atomic E-state index is 14.0. The molecule has 1 aliphatic carbocycles. The van der Waals surface area contributed by atoms with Gasteiger partial charge in [0.2, 0.25) is 0 Å². The van der Waals surface area contributed by atoms with Gasteiger partial charge in [0, 0.05) is 17.5 Å². The van der Waals surface area contributed by atoms with Crippen molar-refractivity contribution in [2.75, 3.05) is 13.2 Å². The van der Waals surface area contributed by atoms with Crippen molar-refractivity contribution in [2.24, 2.45) is 0 Å². The number of amides is 1. The lowest BCUT2D eigenvalue weighted by Gasteiger charge is -2.32. The van der Waals surface area contributed by atoms with Crippen LogP contribution in [-0.2, 0) is 14.0 Å². The van der Waals surface area contributed by atoms with Crippen molar-refractivity contribution in [1.82, 2.24) is 5.32 Å². The summed E-state index contributed by atoms with van der Waals surface area (Å²) in [6.07, 6.45) is 1.16. The smallest absolute Gasteiger partial charge is 0.449 e. The maximum absolute atomic E-state index is 14.0. The van der Waals surface area contributed by atoms with Crippen molar-refractivity contribution in [1.29, 1.82) is 0 Å². The second-order valence-corrected chi connectivity index (χ2v) is 11.1. The molecule has 1 aliphatic heterocycles. The van der Waals surface area contributed by atoms with E-state index in [4.69, 9.17) is 25.6 Å². The van der Waals surface area contributed by atoms with Crippen LogP contribution in [0.25, 0.3) is 17.2 Å². The van der Waals surface area contributed by atoms with Crippen LogP contribution in [0.5, 0.6) is 0 Å². The highest BCUT2D eigenvalue weighted by atomic mass is 35.5. The van der Waals surface area contributed by atoms with E-state index in [2.05, 4.69) is 29.6 Å². The van der Waals surface area contributed by atoms with Crippen LogP contribution in [0.3, 0.4) is 0 Å². The number of carbonyl (C=O) groups is 1. The molecule has 0 spiro atoms. The van der Waals surface area contributed by atoms with E-state index in [9.17, 15) is 9.18 Å². The SMILES string of the molecule is CC1(C)OB(C(=Cc2cc(F)cc(Cl)c2)CNC(=O)OCC2c3ccccc3-c3ccccc32)OC1(C)C. The molecule has 5 rings (SSSR count). The molecule has 5 nitrogen and oxygen atoms in total. The zero-order chi connectivity index (χ0) is 27.1. The third-order valence-corrected chi connectivity index (χ3v) is 7.79. The first-order valence-electron chi connectivity index (χ1n) is 12.7. The van der Waals surface area contributed by atoms with Gasteiger partial charge in [-0.25, -0.2) is 9.18 Å². The molecule has 2 aliphatic rings.